The van der Waals surface area contributed by atoms with Gasteiger partial charge in [-0.1, -0.05) is 12.8 Å². The molecular formula is C12H20N2S2. The maximum atomic E-state index is 4.54. The number of hydrogen-bond donors (Lipinski definition) is 1. The van der Waals surface area contributed by atoms with Crippen molar-refractivity contribution in [2.75, 3.05) is 11.5 Å². The highest BCUT2D eigenvalue weighted by Crippen LogP contribution is 2.42. The van der Waals surface area contributed by atoms with Crippen LogP contribution in [-0.4, -0.2) is 21.3 Å². The van der Waals surface area contributed by atoms with Crippen LogP contribution in [0.4, 0.5) is 0 Å². The van der Waals surface area contributed by atoms with Gasteiger partial charge in [0, 0.05) is 12.8 Å². The molecule has 1 aromatic heterocycles. The average molecular weight is 256 g/mol. The second-order valence-corrected chi connectivity index (χ2v) is 6.21. The Balaban J connectivity index is 1.98. The lowest BCUT2D eigenvalue weighted by Gasteiger charge is -2.26. The molecule has 0 spiro atoms. The SMILES string of the molecule is Cc1cc(SCC2(CS)CCCC2)n(C)n1. The zero-order chi connectivity index (χ0) is 11.6. The number of aromatic nitrogens is 2. The van der Waals surface area contributed by atoms with Gasteiger partial charge in [-0.3, -0.25) is 4.68 Å². The van der Waals surface area contributed by atoms with Gasteiger partial charge in [-0.25, -0.2) is 0 Å². The second-order valence-electron chi connectivity index (χ2n) is 4.90. The summed E-state index contributed by atoms with van der Waals surface area (Å²) < 4.78 is 1.99. The molecule has 1 aromatic rings. The van der Waals surface area contributed by atoms with Gasteiger partial charge >= 0.3 is 0 Å². The minimum Gasteiger partial charge on any atom is -0.262 e. The Bertz CT molecular complexity index is 354. The minimum atomic E-state index is 0.478. The standard InChI is InChI=1S/C12H20N2S2/c1-10-7-11(14(2)13-10)16-9-12(8-15)5-3-4-6-12/h7,15H,3-6,8-9H2,1-2H3. The fourth-order valence-corrected chi connectivity index (χ4v) is 4.33. The van der Waals surface area contributed by atoms with Gasteiger partial charge in [0.25, 0.3) is 0 Å². The van der Waals surface area contributed by atoms with Crippen molar-refractivity contribution in [1.82, 2.24) is 9.78 Å². The number of nitrogens with zero attached hydrogens (tertiary/aromatic N) is 2. The fraction of sp³-hybridized carbons (Fsp3) is 0.750. The number of aryl methyl sites for hydroxylation is 2. The molecule has 0 aliphatic heterocycles. The van der Waals surface area contributed by atoms with Crippen LogP contribution < -0.4 is 0 Å². The summed E-state index contributed by atoms with van der Waals surface area (Å²) in [5.41, 5.74) is 1.59. The van der Waals surface area contributed by atoms with Gasteiger partial charge in [0.15, 0.2) is 0 Å². The lowest BCUT2D eigenvalue weighted by atomic mass is 9.91. The molecule has 1 aliphatic carbocycles. The molecule has 2 rings (SSSR count). The topological polar surface area (TPSA) is 17.8 Å². The van der Waals surface area contributed by atoms with Crippen molar-refractivity contribution in [3.05, 3.63) is 11.8 Å². The Morgan fingerprint density at radius 2 is 2.19 bits per heavy atom. The molecule has 1 heterocycles. The summed E-state index contributed by atoms with van der Waals surface area (Å²) in [7, 11) is 2.03. The van der Waals surface area contributed by atoms with E-state index in [0.717, 1.165) is 11.4 Å². The van der Waals surface area contributed by atoms with E-state index < -0.39 is 0 Å². The van der Waals surface area contributed by atoms with Gasteiger partial charge in [-0.15, -0.1) is 11.8 Å². The monoisotopic (exact) mass is 256 g/mol. The van der Waals surface area contributed by atoms with E-state index in [9.17, 15) is 0 Å². The maximum Gasteiger partial charge on any atom is 0.0939 e. The molecule has 0 saturated heterocycles. The normalized spacial score (nSPS) is 19.2. The zero-order valence-corrected chi connectivity index (χ0v) is 11.8. The van der Waals surface area contributed by atoms with E-state index in [1.165, 1.54) is 36.5 Å². The molecule has 4 heteroatoms. The maximum absolute atomic E-state index is 4.54. The second kappa shape index (κ2) is 5.05. The van der Waals surface area contributed by atoms with Crippen LogP contribution in [0.25, 0.3) is 0 Å². The van der Waals surface area contributed by atoms with E-state index in [1.807, 2.05) is 30.4 Å². The van der Waals surface area contributed by atoms with Gasteiger partial charge in [-0.05, 0) is 37.0 Å². The van der Waals surface area contributed by atoms with Gasteiger partial charge in [0.2, 0.25) is 0 Å². The smallest absolute Gasteiger partial charge is 0.0939 e. The summed E-state index contributed by atoms with van der Waals surface area (Å²) in [5, 5.41) is 5.66. The molecule has 0 unspecified atom stereocenters. The number of thioether (sulfide) groups is 1. The summed E-state index contributed by atoms with van der Waals surface area (Å²) in [6.45, 7) is 2.05. The molecule has 0 N–H and O–H groups in total. The summed E-state index contributed by atoms with van der Waals surface area (Å²) in [6, 6.07) is 2.17. The highest BCUT2D eigenvalue weighted by Gasteiger charge is 2.32. The van der Waals surface area contributed by atoms with E-state index in [-0.39, 0.29) is 0 Å². The lowest BCUT2D eigenvalue weighted by Crippen LogP contribution is -2.21. The quantitative estimate of drug-likeness (QED) is 0.658. The molecule has 0 radical (unpaired) electrons. The average Bonchev–Trinajstić information content (AvgIpc) is 2.84. The third-order valence-corrected chi connectivity index (χ3v) is 5.59. The highest BCUT2D eigenvalue weighted by molar-refractivity contribution is 7.99. The molecule has 1 aliphatic rings. The predicted octanol–water partition coefficient (Wildman–Crippen LogP) is 3.31. The molecule has 0 bridgehead atoms. The first-order valence-corrected chi connectivity index (χ1v) is 7.51. The first-order chi connectivity index (χ1) is 7.65. The van der Waals surface area contributed by atoms with E-state index in [4.69, 9.17) is 0 Å². The molecular weight excluding hydrogens is 236 g/mol. The van der Waals surface area contributed by atoms with Crippen molar-refractivity contribution in [2.24, 2.45) is 12.5 Å². The Morgan fingerprint density at radius 3 is 2.69 bits per heavy atom. The largest absolute Gasteiger partial charge is 0.262 e. The molecule has 1 saturated carbocycles. The fourth-order valence-electron chi connectivity index (χ4n) is 2.42. The first kappa shape index (κ1) is 12.4. The first-order valence-electron chi connectivity index (χ1n) is 5.90. The third-order valence-electron chi connectivity index (χ3n) is 3.48. The molecule has 0 aromatic carbocycles. The Morgan fingerprint density at radius 1 is 1.50 bits per heavy atom. The Hall–Kier alpha value is -0.0900. The van der Waals surface area contributed by atoms with Crippen molar-refractivity contribution in [3.63, 3.8) is 0 Å². The Labute approximate surface area is 108 Å². The van der Waals surface area contributed by atoms with Crippen molar-refractivity contribution < 1.29 is 0 Å². The lowest BCUT2D eigenvalue weighted by molar-refractivity contribution is 0.403. The van der Waals surface area contributed by atoms with E-state index >= 15 is 0 Å². The molecule has 90 valence electrons. The zero-order valence-electron chi connectivity index (χ0n) is 10.1. The predicted molar refractivity (Wildman–Crippen MR) is 73.4 cm³/mol. The van der Waals surface area contributed by atoms with Crippen LogP contribution >= 0.6 is 24.4 Å². The van der Waals surface area contributed by atoms with Crippen LogP contribution in [0.15, 0.2) is 11.1 Å². The molecule has 16 heavy (non-hydrogen) atoms. The summed E-state index contributed by atoms with van der Waals surface area (Å²) >= 11 is 6.48. The molecule has 1 fully saturated rings. The summed E-state index contributed by atoms with van der Waals surface area (Å²) in [4.78, 5) is 0. The summed E-state index contributed by atoms with van der Waals surface area (Å²) in [5.74, 6) is 2.21. The van der Waals surface area contributed by atoms with E-state index in [0.29, 0.717) is 5.41 Å². The molecule has 0 atom stereocenters. The molecule has 2 nitrogen and oxygen atoms in total. The van der Waals surface area contributed by atoms with Gasteiger partial charge in [0.1, 0.15) is 0 Å². The Kier molecular flexibility index (Phi) is 3.90. The van der Waals surface area contributed by atoms with Crippen LogP contribution in [0.5, 0.6) is 0 Å². The number of rotatable bonds is 4. The van der Waals surface area contributed by atoms with E-state index in [2.05, 4.69) is 23.8 Å². The van der Waals surface area contributed by atoms with Gasteiger partial charge < -0.3 is 0 Å². The number of hydrogen-bond acceptors (Lipinski definition) is 3. The third kappa shape index (κ3) is 2.59. The molecule has 0 amide bonds. The van der Waals surface area contributed by atoms with Gasteiger partial charge in [-0.2, -0.15) is 17.7 Å². The highest BCUT2D eigenvalue weighted by atomic mass is 32.2. The van der Waals surface area contributed by atoms with Crippen LogP contribution in [-0.2, 0) is 7.05 Å². The van der Waals surface area contributed by atoms with Crippen molar-refractivity contribution in [1.29, 1.82) is 0 Å². The van der Waals surface area contributed by atoms with Crippen LogP contribution in [0, 0.1) is 12.3 Å². The van der Waals surface area contributed by atoms with Gasteiger partial charge in [0.05, 0.1) is 10.7 Å². The van der Waals surface area contributed by atoms with E-state index in [1.54, 1.807) is 0 Å². The van der Waals surface area contributed by atoms with Crippen LogP contribution in [0.1, 0.15) is 31.4 Å². The van der Waals surface area contributed by atoms with Crippen LogP contribution in [0.3, 0.4) is 0 Å². The van der Waals surface area contributed by atoms with Crippen molar-refractivity contribution in [2.45, 2.75) is 37.6 Å². The minimum absolute atomic E-state index is 0.478. The number of thiol groups is 1. The van der Waals surface area contributed by atoms with Crippen LogP contribution in [0.2, 0.25) is 0 Å². The van der Waals surface area contributed by atoms with Crippen molar-refractivity contribution in [3.8, 4) is 0 Å². The summed E-state index contributed by atoms with van der Waals surface area (Å²) in [6.07, 6.45) is 5.46. The van der Waals surface area contributed by atoms with Crippen molar-refractivity contribution >= 4 is 24.4 Å².